The van der Waals surface area contributed by atoms with Crippen LogP contribution >= 0.6 is 0 Å². The van der Waals surface area contributed by atoms with E-state index < -0.39 is 0 Å². The molecular weight excluding hydrogens is 212 g/mol. The van der Waals surface area contributed by atoms with Gasteiger partial charge in [0.1, 0.15) is 11.9 Å². The first-order valence-corrected chi connectivity index (χ1v) is 6.18. The lowest BCUT2D eigenvalue weighted by molar-refractivity contribution is 0.277. The quantitative estimate of drug-likeness (QED) is 0.857. The molecule has 1 saturated heterocycles. The van der Waals surface area contributed by atoms with E-state index in [1.807, 2.05) is 0 Å². The Morgan fingerprint density at radius 1 is 1.65 bits per heavy atom. The molecule has 0 saturated carbocycles. The molecule has 1 aromatic heterocycles. The molecule has 1 atom stereocenters. The van der Waals surface area contributed by atoms with E-state index in [1.165, 1.54) is 19.4 Å². The normalized spacial score (nSPS) is 20.1. The number of hydrogen-bond donors (Lipinski definition) is 1. The molecule has 0 radical (unpaired) electrons. The van der Waals surface area contributed by atoms with Gasteiger partial charge in [0.05, 0.1) is 5.56 Å². The summed E-state index contributed by atoms with van der Waals surface area (Å²) in [4.78, 5) is 6.68. The van der Waals surface area contributed by atoms with Crippen molar-refractivity contribution in [3.8, 4) is 6.07 Å². The molecule has 0 aromatic carbocycles. The molecule has 0 bridgehead atoms. The molecule has 0 aliphatic carbocycles. The summed E-state index contributed by atoms with van der Waals surface area (Å²) in [6.07, 6.45) is 4.22. The molecule has 2 rings (SSSR count). The fourth-order valence-corrected chi connectivity index (χ4v) is 2.39. The van der Waals surface area contributed by atoms with Crippen LogP contribution < -0.4 is 5.32 Å². The van der Waals surface area contributed by atoms with Crippen LogP contribution in [0.3, 0.4) is 0 Å². The zero-order valence-electron chi connectivity index (χ0n) is 10.2. The summed E-state index contributed by atoms with van der Waals surface area (Å²) in [5.74, 6) is 0.706. The van der Waals surface area contributed by atoms with Crippen LogP contribution in [0.2, 0.25) is 0 Å². The summed E-state index contributed by atoms with van der Waals surface area (Å²) in [7, 11) is 0. The molecule has 1 aliphatic rings. The molecule has 0 unspecified atom stereocenters. The largest absolute Gasteiger partial charge is 0.367 e. The third-order valence-corrected chi connectivity index (χ3v) is 3.34. The Labute approximate surface area is 102 Å². The van der Waals surface area contributed by atoms with Gasteiger partial charge < -0.3 is 5.32 Å². The topological polar surface area (TPSA) is 52.0 Å². The number of likely N-dealkylation sites (tertiary alicyclic amines) is 1. The Kier molecular flexibility index (Phi) is 3.94. The highest BCUT2D eigenvalue weighted by atomic mass is 15.2. The van der Waals surface area contributed by atoms with E-state index in [0.29, 0.717) is 17.4 Å². The van der Waals surface area contributed by atoms with Crippen molar-refractivity contribution in [3.05, 3.63) is 23.9 Å². The number of hydrogen-bond acceptors (Lipinski definition) is 4. The van der Waals surface area contributed by atoms with E-state index in [1.54, 1.807) is 18.3 Å². The molecule has 17 heavy (non-hydrogen) atoms. The maximum atomic E-state index is 8.97. The van der Waals surface area contributed by atoms with Gasteiger partial charge in [-0.05, 0) is 38.1 Å². The Bertz CT molecular complexity index is 410. The summed E-state index contributed by atoms with van der Waals surface area (Å²) < 4.78 is 0. The molecule has 90 valence electrons. The molecule has 0 spiro atoms. The van der Waals surface area contributed by atoms with E-state index in [-0.39, 0.29) is 0 Å². The first-order valence-electron chi connectivity index (χ1n) is 6.18. The van der Waals surface area contributed by atoms with Gasteiger partial charge in [-0.25, -0.2) is 4.98 Å². The molecule has 4 nitrogen and oxygen atoms in total. The maximum absolute atomic E-state index is 8.97. The van der Waals surface area contributed by atoms with Crippen LogP contribution in [0, 0.1) is 11.3 Å². The average Bonchev–Trinajstić information content (AvgIpc) is 2.84. The fraction of sp³-hybridized carbons (Fsp3) is 0.538. The first-order chi connectivity index (χ1) is 8.35. The average molecular weight is 230 g/mol. The van der Waals surface area contributed by atoms with E-state index in [4.69, 9.17) is 5.26 Å². The monoisotopic (exact) mass is 230 g/mol. The zero-order chi connectivity index (χ0) is 12.1. The second-order valence-corrected chi connectivity index (χ2v) is 4.32. The highest BCUT2D eigenvalue weighted by molar-refractivity contribution is 5.51. The molecule has 1 aliphatic heterocycles. The van der Waals surface area contributed by atoms with Crippen molar-refractivity contribution in [2.45, 2.75) is 25.8 Å². The van der Waals surface area contributed by atoms with Crippen molar-refractivity contribution in [3.63, 3.8) is 0 Å². The first kappa shape index (κ1) is 11.9. The Hall–Kier alpha value is -1.60. The molecular formula is C13H18N4. The van der Waals surface area contributed by atoms with Crippen LogP contribution in [0.15, 0.2) is 18.3 Å². The van der Waals surface area contributed by atoms with Crippen LogP contribution in [-0.4, -0.2) is 35.6 Å². The van der Waals surface area contributed by atoms with E-state index >= 15 is 0 Å². The van der Waals surface area contributed by atoms with Gasteiger partial charge in [-0.2, -0.15) is 5.26 Å². The highest BCUT2D eigenvalue weighted by Crippen LogP contribution is 2.18. The van der Waals surface area contributed by atoms with Crippen molar-refractivity contribution in [1.82, 2.24) is 9.88 Å². The molecule has 1 aromatic rings. The summed E-state index contributed by atoms with van der Waals surface area (Å²) in [5, 5.41) is 12.3. The van der Waals surface area contributed by atoms with Gasteiger partial charge in [-0.15, -0.1) is 0 Å². The number of likely N-dealkylation sites (N-methyl/N-ethyl adjacent to an activating group) is 1. The van der Waals surface area contributed by atoms with Gasteiger partial charge in [0.15, 0.2) is 0 Å². The number of aromatic nitrogens is 1. The number of nitriles is 1. The number of nitrogens with one attached hydrogen (secondary N) is 1. The second-order valence-electron chi connectivity index (χ2n) is 4.32. The summed E-state index contributed by atoms with van der Waals surface area (Å²) in [6.45, 7) is 5.36. The zero-order valence-corrected chi connectivity index (χ0v) is 10.2. The minimum atomic E-state index is 0.577. The minimum Gasteiger partial charge on any atom is -0.367 e. The fourth-order valence-electron chi connectivity index (χ4n) is 2.39. The Morgan fingerprint density at radius 2 is 2.53 bits per heavy atom. The van der Waals surface area contributed by atoms with Crippen LogP contribution in [-0.2, 0) is 0 Å². The molecule has 1 N–H and O–H groups in total. The van der Waals surface area contributed by atoms with E-state index in [9.17, 15) is 0 Å². The summed E-state index contributed by atoms with van der Waals surface area (Å²) >= 11 is 0. The van der Waals surface area contributed by atoms with Gasteiger partial charge in [0.2, 0.25) is 0 Å². The molecule has 2 heterocycles. The molecule has 4 heteroatoms. The highest BCUT2D eigenvalue weighted by Gasteiger charge is 2.22. The SMILES string of the molecule is CCN1CCC[C@@H]1CNc1ncccc1C#N. The predicted molar refractivity (Wildman–Crippen MR) is 67.7 cm³/mol. The third-order valence-electron chi connectivity index (χ3n) is 3.34. The number of nitrogens with zero attached hydrogens (tertiary/aromatic N) is 3. The van der Waals surface area contributed by atoms with Crippen LogP contribution in [0.25, 0.3) is 0 Å². The lowest BCUT2D eigenvalue weighted by Gasteiger charge is -2.23. The van der Waals surface area contributed by atoms with Gasteiger partial charge in [0, 0.05) is 18.8 Å². The van der Waals surface area contributed by atoms with Crippen molar-refractivity contribution in [2.75, 3.05) is 25.0 Å². The smallest absolute Gasteiger partial charge is 0.143 e. The number of rotatable bonds is 4. The van der Waals surface area contributed by atoms with Crippen molar-refractivity contribution in [1.29, 1.82) is 5.26 Å². The number of anilines is 1. The number of pyridine rings is 1. The van der Waals surface area contributed by atoms with Crippen molar-refractivity contribution >= 4 is 5.82 Å². The third kappa shape index (κ3) is 2.75. The summed E-state index contributed by atoms with van der Waals surface area (Å²) in [5.41, 5.74) is 0.619. The predicted octanol–water partition coefficient (Wildman–Crippen LogP) is 1.85. The Balaban J connectivity index is 1.96. The second kappa shape index (κ2) is 5.65. The van der Waals surface area contributed by atoms with Crippen molar-refractivity contribution < 1.29 is 0 Å². The molecule has 1 fully saturated rings. The van der Waals surface area contributed by atoms with E-state index in [2.05, 4.69) is 28.2 Å². The van der Waals surface area contributed by atoms with Crippen LogP contribution in [0.1, 0.15) is 25.3 Å². The van der Waals surface area contributed by atoms with Crippen LogP contribution in [0.5, 0.6) is 0 Å². The maximum Gasteiger partial charge on any atom is 0.143 e. The lowest BCUT2D eigenvalue weighted by atomic mass is 10.2. The lowest BCUT2D eigenvalue weighted by Crippen LogP contribution is -2.34. The van der Waals surface area contributed by atoms with Gasteiger partial charge in [0.25, 0.3) is 0 Å². The Morgan fingerprint density at radius 3 is 3.29 bits per heavy atom. The molecule has 0 amide bonds. The summed E-state index contributed by atoms with van der Waals surface area (Å²) in [6, 6.07) is 6.32. The van der Waals surface area contributed by atoms with Gasteiger partial charge in [-0.3, -0.25) is 4.90 Å². The van der Waals surface area contributed by atoms with Gasteiger partial charge >= 0.3 is 0 Å². The van der Waals surface area contributed by atoms with Crippen molar-refractivity contribution in [2.24, 2.45) is 0 Å². The van der Waals surface area contributed by atoms with Gasteiger partial charge in [-0.1, -0.05) is 6.92 Å². The van der Waals surface area contributed by atoms with E-state index in [0.717, 1.165) is 13.1 Å². The standard InChI is InChI=1S/C13H18N4/c1-2-17-8-4-6-12(17)10-16-13-11(9-14)5-3-7-15-13/h3,5,7,12H,2,4,6,8,10H2,1H3,(H,15,16)/t12-/m1/s1. The van der Waals surface area contributed by atoms with Crippen LogP contribution in [0.4, 0.5) is 5.82 Å². The minimum absolute atomic E-state index is 0.577.